The summed E-state index contributed by atoms with van der Waals surface area (Å²) in [4.78, 5) is 37.7. The van der Waals surface area contributed by atoms with Crippen LogP contribution in [-0.4, -0.2) is 49.3 Å². The van der Waals surface area contributed by atoms with Crippen molar-refractivity contribution in [3.63, 3.8) is 0 Å². The maximum Gasteiger partial charge on any atom is 0.350 e. The van der Waals surface area contributed by atoms with Gasteiger partial charge in [-0.3, -0.25) is 9.20 Å². The van der Waals surface area contributed by atoms with E-state index in [4.69, 9.17) is 0 Å². The average molecular weight is 395 g/mol. The number of nitrogens with zero attached hydrogens (tertiary/aromatic N) is 4. The van der Waals surface area contributed by atoms with Crippen molar-refractivity contribution < 1.29 is 14.7 Å². The fourth-order valence-corrected chi connectivity index (χ4v) is 3.56. The summed E-state index contributed by atoms with van der Waals surface area (Å²) in [6, 6.07) is 12.2. The van der Waals surface area contributed by atoms with Gasteiger partial charge in [0.15, 0.2) is 5.65 Å². The van der Waals surface area contributed by atoms with Crippen molar-refractivity contribution in [2.24, 2.45) is 5.92 Å². The maximum atomic E-state index is 12.5. The molecule has 0 spiro atoms. The number of carbonyl (C=O) groups excluding carboxylic acids is 1. The summed E-state index contributed by atoms with van der Waals surface area (Å²) in [6.45, 7) is 1.01. The van der Waals surface area contributed by atoms with E-state index in [1.807, 2.05) is 12.1 Å². The number of hydrogen-bond acceptors (Lipinski definition) is 4. The highest BCUT2D eigenvalue weighted by Crippen LogP contribution is 2.18. The standard InChI is InChI=1S/C20H21N5O4/c26-18(27)15-6-4-9-23(13-15)19(28)21-16-7-3-5-14(11-16)12-25-20(29)24-10-2-1-8-17(24)22-25/h1-3,5,7-8,10-11,15H,4,6,9,12-13H2,(H,21,28)(H,26,27). The van der Waals surface area contributed by atoms with E-state index in [2.05, 4.69) is 10.4 Å². The lowest BCUT2D eigenvalue weighted by molar-refractivity contribution is -0.143. The average Bonchev–Trinajstić information content (AvgIpc) is 3.04. The number of amides is 2. The number of pyridine rings is 1. The Kier molecular flexibility index (Phi) is 5.03. The van der Waals surface area contributed by atoms with E-state index < -0.39 is 11.9 Å². The second-order valence-electron chi connectivity index (χ2n) is 7.12. The van der Waals surface area contributed by atoms with Crippen LogP contribution in [-0.2, 0) is 11.3 Å². The molecular weight excluding hydrogens is 374 g/mol. The van der Waals surface area contributed by atoms with Crippen molar-refractivity contribution in [2.45, 2.75) is 19.4 Å². The summed E-state index contributed by atoms with van der Waals surface area (Å²) in [5.74, 6) is -1.40. The van der Waals surface area contributed by atoms with E-state index in [0.29, 0.717) is 30.7 Å². The minimum Gasteiger partial charge on any atom is -0.481 e. The molecule has 3 heterocycles. The Morgan fingerprint density at radius 2 is 2.07 bits per heavy atom. The first-order valence-corrected chi connectivity index (χ1v) is 9.43. The molecule has 1 aliphatic heterocycles. The number of nitrogens with one attached hydrogen (secondary N) is 1. The second-order valence-corrected chi connectivity index (χ2v) is 7.12. The number of hydrogen-bond donors (Lipinski definition) is 2. The molecule has 0 aliphatic carbocycles. The number of benzene rings is 1. The van der Waals surface area contributed by atoms with Crippen molar-refractivity contribution in [3.8, 4) is 0 Å². The molecule has 29 heavy (non-hydrogen) atoms. The predicted molar refractivity (Wildman–Crippen MR) is 106 cm³/mol. The smallest absolute Gasteiger partial charge is 0.350 e. The van der Waals surface area contributed by atoms with Gasteiger partial charge in [-0.2, -0.15) is 0 Å². The van der Waals surface area contributed by atoms with Gasteiger partial charge in [0.05, 0.1) is 12.5 Å². The van der Waals surface area contributed by atoms with Gasteiger partial charge in [0, 0.05) is 25.0 Å². The SMILES string of the molecule is O=C(O)C1CCCN(C(=O)Nc2cccc(Cn3nc4ccccn4c3=O)c2)C1. The normalized spacial score (nSPS) is 16.7. The molecule has 1 fully saturated rings. The van der Waals surface area contributed by atoms with Crippen LogP contribution < -0.4 is 11.0 Å². The van der Waals surface area contributed by atoms with Crippen molar-refractivity contribution in [3.05, 3.63) is 64.7 Å². The predicted octanol–water partition coefficient (Wildman–Crippen LogP) is 1.87. The number of carboxylic acid groups (broad SMARTS) is 1. The molecule has 150 valence electrons. The first-order valence-electron chi connectivity index (χ1n) is 9.43. The van der Waals surface area contributed by atoms with Gasteiger partial charge in [-0.1, -0.05) is 18.2 Å². The van der Waals surface area contributed by atoms with Crippen molar-refractivity contribution in [2.75, 3.05) is 18.4 Å². The summed E-state index contributed by atoms with van der Waals surface area (Å²) in [6.07, 6.45) is 2.92. The van der Waals surface area contributed by atoms with Crippen LogP contribution in [0.15, 0.2) is 53.5 Å². The molecule has 0 saturated carbocycles. The van der Waals surface area contributed by atoms with Gasteiger partial charge in [-0.25, -0.2) is 14.3 Å². The zero-order valence-corrected chi connectivity index (χ0v) is 15.7. The molecule has 1 saturated heterocycles. The van der Waals surface area contributed by atoms with Gasteiger partial charge in [-0.05, 0) is 42.7 Å². The number of fused-ring (bicyclic) bond motifs is 1. The molecule has 9 heteroatoms. The van der Waals surface area contributed by atoms with Gasteiger partial charge < -0.3 is 15.3 Å². The molecule has 2 N–H and O–H groups in total. The van der Waals surface area contributed by atoms with E-state index in [0.717, 1.165) is 5.56 Å². The highest BCUT2D eigenvalue weighted by atomic mass is 16.4. The van der Waals surface area contributed by atoms with Crippen LogP contribution >= 0.6 is 0 Å². The lowest BCUT2D eigenvalue weighted by Crippen LogP contribution is -2.44. The largest absolute Gasteiger partial charge is 0.481 e. The number of carbonyl (C=O) groups is 2. The van der Waals surface area contributed by atoms with Gasteiger partial charge >= 0.3 is 17.7 Å². The summed E-state index contributed by atoms with van der Waals surface area (Å²) in [5, 5.41) is 16.3. The number of likely N-dealkylation sites (tertiary alicyclic amines) is 1. The lowest BCUT2D eigenvalue weighted by Gasteiger charge is -2.30. The quantitative estimate of drug-likeness (QED) is 0.701. The fraction of sp³-hybridized carbons (Fsp3) is 0.300. The highest BCUT2D eigenvalue weighted by molar-refractivity contribution is 5.89. The molecule has 1 unspecified atom stereocenters. The Hall–Kier alpha value is -3.62. The number of anilines is 1. The van der Waals surface area contributed by atoms with Crippen LogP contribution in [0.1, 0.15) is 18.4 Å². The van der Waals surface area contributed by atoms with Crippen LogP contribution in [0.4, 0.5) is 10.5 Å². The van der Waals surface area contributed by atoms with Crippen LogP contribution in [0.3, 0.4) is 0 Å². The van der Waals surface area contributed by atoms with E-state index in [1.54, 1.807) is 36.5 Å². The number of aliphatic carboxylic acids is 1. The highest BCUT2D eigenvalue weighted by Gasteiger charge is 2.28. The van der Waals surface area contributed by atoms with Crippen molar-refractivity contribution in [1.29, 1.82) is 0 Å². The summed E-state index contributed by atoms with van der Waals surface area (Å²) < 4.78 is 2.85. The molecule has 0 bridgehead atoms. The van der Waals surface area contributed by atoms with Crippen LogP contribution in [0.2, 0.25) is 0 Å². The van der Waals surface area contributed by atoms with E-state index >= 15 is 0 Å². The van der Waals surface area contributed by atoms with Crippen molar-refractivity contribution in [1.82, 2.24) is 19.1 Å². The molecule has 1 aliphatic rings. The Morgan fingerprint density at radius 1 is 1.21 bits per heavy atom. The Labute approximate surface area is 166 Å². The lowest BCUT2D eigenvalue weighted by atomic mass is 9.99. The van der Waals surface area contributed by atoms with Crippen LogP contribution in [0, 0.1) is 5.92 Å². The van der Waals surface area contributed by atoms with Gasteiger partial charge in [0.25, 0.3) is 0 Å². The van der Waals surface area contributed by atoms with Gasteiger partial charge in [0.1, 0.15) is 0 Å². The number of rotatable bonds is 4. The monoisotopic (exact) mass is 395 g/mol. The van der Waals surface area contributed by atoms with Crippen molar-refractivity contribution >= 4 is 23.3 Å². The Morgan fingerprint density at radius 3 is 2.86 bits per heavy atom. The molecular formula is C20H21N5O4. The van der Waals surface area contributed by atoms with Gasteiger partial charge in [0.2, 0.25) is 0 Å². The Bertz CT molecular complexity index is 1120. The summed E-state index contributed by atoms with van der Waals surface area (Å²) in [7, 11) is 0. The summed E-state index contributed by atoms with van der Waals surface area (Å²) >= 11 is 0. The molecule has 0 radical (unpaired) electrons. The molecule has 9 nitrogen and oxygen atoms in total. The molecule has 3 aromatic rings. The molecule has 2 aromatic heterocycles. The molecule has 1 aromatic carbocycles. The van der Waals surface area contributed by atoms with E-state index in [9.17, 15) is 19.5 Å². The topological polar surface area (TPSA) is 109 Å². The molecule has 1 atom stereocenters. The zero-order valence-electron chi connectivity index (χ0n) is 15.7. The number of aromatic nitrogens is 3. The third kappa shape index (κ3) is 3.98. The van der Waals surface area contributed by atoms with E-state index in [-0.39, 0.29) is 24.8 Å². The fourth-order valence-electron chi connectivity index (χ4n) is 3.56. The maximum absolute atomic E-state index is 12.5. The third-order valence-electron chi connectivity index (χ3n) is 5.06. The minimum atomic E-state index is -0.873. The zero-order chi connectivity index (χ0) is 20.4. The molecule has 4 rings (SSSR count). The first-order chi connectivity index (χ1) is 14.0. The second kappa shape index (κ2) is 7.78. The first kappa shape index (κ1) is 18.7. The number of urea groups is 1. The van der Waals surface area contributed by atoms with Gasteiger partial charge in [-0.15, -0.1) is 5.10 Å². The Balaban J connectivity index is 1.47. The third-order valence-corrected chi connectivity index (χ3v) is 5.06. The van der Waals surface area contributed by atoms with Crippen LogP contribution in [0.5, 0.6) is 0 Å². The van der Waals surface area contributed by atoms with E-state index in [1.165, 1.54) is 14.0 Å². The number of piperidine rings is 1. The summed E-state index contributed by atoms with van der Waals surface area (Å²) in [5.41, 5.74) is 1.74. The van der Waals surface area contributed by atoms with Crippen LogP contribution in [0.25, 0.3) is 5.65 Å². The molecule has 2 amide bonds. The number of carboxylic acids is 1. The minimum absolute atomic E-state index is 0.206.